The summed E-state index contributed by atoms with van der Waals surface area (Å²) < 4.78 is 28.9. The SMILES string of the molecule is COCc1nc2c(c(=O)[nH]1)C(c1ccccc1)C1(c3ccc(OC)cc3)Oc3cc(OC)cc(OC)c3C21O. The lowest BCUT2D eigenvalue weighted by molar-refractivity contribution is -0.0911. The first kappa shape index (κ1) is 25.0. The second kappa shape index (κ2) is 9.14. The van der Waals surface area contributed by atoms with Gasteiger partial charge in [0, 0.05) is 24.8 Å². The molecular weight excluding hydrogens is 500 g/mol. The molecule has 39 heavy (non-hydrogen) atoms. The van der Waals surface area contributed by atoms with E-state index in [-0.39, 0.29) is 23.7 Å². The van der Waals surface area contributed by atoms with Gasteiger partial charge in [0.2, 0.25) is 0 Å². The Balaban J connectivity index is 1.78. The summed E-state index contributed by atoms with van der Waals surface area (Å²) in [4.78, 5) is 21.5. The predicted octanol–water partition coefficient (Wildman–Crippen LogP) is 3.61. The Kier molecular flexibility index (Phi) is 5.85. The van der Waals surface area contributed by atoms with Gasteiger partial charge in [-0.25, -0.2) is 4.98 Å². The molecule has 6 rings (SSSR count). The molecule has 1 aliphatic carbocycles. The molecule has 0 spiro atoms. The number of ether oxygens (including phenoxy) is 5. The van der Waals surface area contributed by atoms with Crippen LogP contribution in [0.25, 0.3) is 0 Å². The fourth-order valence-corrected chi connectivity index (χ4v) is 6.08. The highest BCUT2D eigenvalue weighted by Gasteiger charge is 2.73. The average Bonchev–Trinajstić information content (AvgIpc) is 3.36. The summed E-state index contributed by atoms with van der Waals surface area (Å²) in [6.45, 7) is 0.0532. The van der Waals surface area contributed by atoms with Crippen molar-refractivity contribution in [2.24, 2.45) is 0 Å². The van der Waals surface area contributed by atoms with Gasteiger partial charge in [-0.05, 0) is 17.7 Å². The molecule has 3 aromatic carbocycles. The van der Waals surface area contributed by atoms with E-state index in [1.807, 2.05) is 42.5 Å². The van der Waals surface area contributed by atoms with Gasteiger partial charge in [0.05, 0.1) is 44.1 Å². The van der Waals surface area contributed by atoms with Crippen LogP contribution in [0.5, 0.6) is 23.0 Å². The quantitative estimate of drug-likeness (QED) is 0.374. The standard InChI is InChI=1S/C30H28N2O7/c1-35-16-23-31-27-24(28(33)32-23)25(17-8-6-5-7-9-17)30(18-10-12-19(36-2)13-11-18)29(27,34)26-21(38-4)14-20(37-3)15-22(26)39-30/h5-15,25,34H,16H2,1-4H3,(H,31,32,33). The number of H-pyrrole nitrogens is 1. The van der Waals surface area contributed by atoms with Crippen molar-refractivity contribution in [2.75, 3.05) is 28.4 Å². The van der Waals surface area contributed by atoms with Crippen molar-refractivity contribution in [3.8, 4) is 23.0 Å². The molecule has 200 valence electrons. The summed E-state index contributed by atoms with van der Waals surface area (Å²) in [6.07, 6.45) is 0. The third-order valence-corrected chi connectivity index (χ3v) is 7.64. The number of aromatic amines is 1. The van der Waals surface area contributed by atoms with Crippen LogP contribution >= 0.6 is 0 Å². The van der Waals surface area contributed by atoms with E-state index in [0.717, 1.165) is 5.56 Å². The molecule has 1 aliphatic heterocycles. The lowest BCUT2D eigenvalue weighted by Gasteiger charge is -2.40. The van der Waals surface area contributed by atoms with E-state index >= 15 is 0 Å². The molecule has 9 nitrogen and oxygen atoms in total. The molecule has 9 heteroatoms. The molecule has 2 heterocycles. The molecule has 1 aromatic heterocycles. The number of hydrogen-bond acceptors (Lipinski definition) is 8. The van der Waals surface area contributed by atoms with E-state index in [0.29, 0.717) is 39.7 Å². The summed E-state index contributed by atoms with van der Waals surface area (Å²) in [5.74, 6) is 1.38. The Morgan fingerprint density at radius 3 is 2.31 bits per heavy atom. The Hall–Kier alpha value is -4.34. The number of benzene rings is 3. The number of nitrogens with one attached hydrogen (secondary N) is 1. The predicted molar refractivity (Wildman–Crippen MR) is 142 cm³/mol. The van der Waals surface area contributed by atoms with Crippen molar-refractivity contribution >= 4 is 0 Å². The zero-order chi connectivity index (χ0) is 27.4. The molecule has 3 atom stereocenters. The minimum absolute atomic E-state index is 0.0532. The van der Waals surface area contributed by atoms with Crippen LogP contribution in [-0.4, -0.2) is 43.5 Å². The fourth-order valence-electron chi connectivity index (χ4n) is 6.08. The molecule has 4 aromatic rings. The van der Waals surface area contributed by atoms with Crippen LogP contribution in [0.15, 0.2) is 71.5 Å². The third kappa shape index (κ3) is 3.33. The van der Waals surface area contributed by atoms with Gasteiger partial charge in [-0.15, -0.1) is 0 Å². The van der Waals surface area contributed by atoms with Gasteiger partial charge in [0.15, 0.2) is 11.2 Å². The topological polar surface area (TPSA) is 112 Å². The van der Waals surface area contributed by atoms with Gasteiger partial charge < -0.3 is 33.8 Å². The molecule has 3 unspecified atom stereocenters. The molecule has 0 bridgehead atoms. The summed E-state index contributed by atoms with van der Waals surface area (Å²) in [6, 6.07) is 20.2. The maximum atomic E-state index is 13.8. The zero-order valence-corrected chi connectivity index (χ0v) is 22.0. The number of aromatic nitrogens is 2. The molecule has 0 radical (unpaired) electrons. The van der Waals surface area contributed by atoms with E-state index in [2.05, 4.69) is 4.98 Å². The number of rotatable bonds is 7. The van der Waals surface area contributed by atoms with Crippen molar-refractivity contribution < 1.29 is 28.8 Å². The van der Waals surface area contributed by atoms with Gasteiger partial charge in [-0.3, -0.25) is 4.79 Å². The Morgan fingerprint density at radius 1 is 0.949 bits per heavy atom. The van der Waals surface area contributed by atoms with Crippen LogP contribution in [0, 0.1) is 0 Å². The highest BCUT2D eigenvalue weighted by atomic mass is 16.5. The number of hydrogen-bond donors (Lipinski definition) is 2. The van der Waals surface area contributed by atoms with Crippen LogP contribution in [0.3, 0.4) is 0 Å². The minimum Gasteiger partial charge on any atom is -0.497 e. The van der Waals surface area contributed by atoms with Gasteiger partial charge in [-0.1, -0.05) is 42.5 Å². The lowest BCUT2D eigenvalue weighted by Crippen LogP contribution is -2.49. The normalized spacial score (nSPS) is 22.4. The van der Waals surface area contributed by atoms with Crippen molar-refractivity contribution in [3.63, 3.8) is 0 Å². The van der Waals surface area contributed by atoms with Crippen molar-refractivity contribution in [2.45, 2.75) is 23.7 Å². The van der Waals surface area contributed by atoms with Crippen LogP contribution in [0.4, 0.5) is 0 Å². The molecule has 0 saturated heterocycles. The summed E-state index contributed by atoms with van der Waals surface area (Å²) >= 11 is 0. The Morgan fingerprint density at radius 2 is 1.67 bits per heavy atom. The maximum absolute atomic E-state index is 13.8. The molecule has 2 aliphatic rings. The summed E-state index contributed by atoms with van der Waals surface area (Å²) in [5, 5.41) is 13.2. The van der Waals surface area contributed by atoms with E-state index in [1.54, 1.807) is 38.5 Å². The molecule has 0 amide bonds. The number of methoxy groups -OCH3 is 4. The second-order valence-corrected chi connectivity index (χ2v) is 9.53. The van der Waals surface area contributed by atoms with Crippen molar-refractivity contribution in [1.29, 1.82) is 0 Å². The summed E-state index contributed by atoms with van der Waals surface area (Å²) in [5.41, 5.74) is -1.58. The van der Waals surface area contributed by atoms with E-state index in [1.165, 1.54) is 14.2 Å². The highest BCUT2D eigenvalue weighted by molar-refractivity contribution is 5.68. The maximum Gasteiger partial charge on any atom is 0.255 e. The Labute approximate surface area is 224 Å². The van der Waals surface area contributed by atoms with Crippen LogP contribution < -0.4 is 24.5 Å². The van der Waals surface area contributed by atoms with Crippen molar-refractivity contribution in [3.05, 3.63) is 111 Å². The smallest absolute Gasteiger partial charge is 0.255 e. The lowest BCUT2D eigenvalue weighted by atomic mass is 9.70. The minimum atomic E-state index is -1.93. The van der Waals surface area contributed by atoms with Gasteiger partial charge in [0.25, 0.3) is 5.56 Å². The molecular formula is C30H28N2O7. The van der Waals surface area contributed by atoms with E-state index in [9.17, 15) is 9.90 Å². The second-order valence-electron chi connectivity index (χ2n) is 9.53. The van der Waals surface area contributed by atoms with Gasteiger partial charge in [-0.2, -0.15) is 0 Å². The zero-order valence-electron chi connectivity index (χ0n) is 22.0. The largest absolute Gasteiger partial charge is 0.497 e. The number of fused-ring (bicyclic) bond motifs is 5. The number of aliphatic hydroxyl groups is 1. The monoisotopic (exact) mass is 528 g/mol. The van der Waals surface area contributed by atoms with Crippen molar-refractivity contribution in [1.82, 2.24) is 9.97 Å². The summed E-state index contributed by atoms with van der Waals surface area (Å²) in [7, 11) is 6.16. The van der Waals surface area contributed by atoms with E-state index in [4.69, 9.17) is 28.7 Å². The molecule has 0 saturated carbocycles. The van der Waals surface area contributed by atoms with Crippen LogP contribution in [0.2, 0.25) is 0 Å². The molecule has 2 N–H and O–H groups in total. The Bertz CT molecular complexity index is 1600. The van der Waals surface area contributed by atoms with Crippen LogP contribution in [0.1, 0.15) is 39.7 Å². The first-order valence-electron chi connectivity index (χ1n) is 12.4. The number of nitrogens with zero attached hydrogens (tertiary/aromatic N) is 1. The average molecular weight is 529 g/mol. The first-order valence-corrected chi connectivity index (χ1v) is 12.4. The van der Waals surface area contributed by atoms with Gasteiger partial charge in [0.1, 0.15) is 35.4 Å². The molecule has 0 fully saturated rings. The van der Waals surface area contributed by atoms with Gasteiger partial charge >= 0.3 is 0 Å². The highest BCUT2D eigenvalue weighted by Crippen LogP contribution is 2.69. The fraction of sp³-hybridized carbons (Fsp3) is 0.267. The van der Waals surface area contributed by atoms with Crippen LogP contribution in [-0.2, 0) is 22.5 Å². The first-order chi connectivity index (χ1) is 18.9. The third-order valence-electron chi connectivity index (χ3n) is 7.64. The van der Waals surface area contributed by atoms with E-state index < -0.39 is 17.1 Å².